The second-order valence-electron chi connectivity index (χ2n) is 19.2. The Morgan fingerprint density at radius 3 is 1.75 bits per heavy atom. The zero-order valence-electron chi connectivity index (χ0n) is 39.4. The van der Waals surface area contributed by atoms with Gasteiger partial charge in [0.1, 0.15) is 11.4 Å². The van der Waals surface area contributed by atoms with Crippen molar-refractivity contribution in [1.82, 2.24) is 48.8 Å². The van der Waals surface area contributed by atoms with Crippen molar-refractivity contribution in [1.29, 1.82) is 0 Å². The van der Waals surface area contributed by atoms with Crippen molar-refractivity contribution in [2.24, 2.45) is 4.99 Å². The van der Waals surface area contributed by atoms with Crippen LogP contribution >= 0.6 is 0 Å². The van der Waals surface area contributed by atoms with Crippen LogP contribution in [0.15, 0.2) is 139 Å². The third-order valence-electron chi connectivity index (χ3n) is 12.2. The quantitative estimate of drug-likeness (QED) is 0.155. The summed E-state index contributed by atoms with van der Waals surface area (Å²) in [5.41, 5.74) is 18.5. The molecule has 0 amide bonds. The molecule has 3 aromatic carbocycles. The molecule has 0 aliphatic carbocycles. The molecular weight excluding hydrogens is 831 g/mol. The van der Waals surface area contributed by atoms with Crippen molar-refractivity contribution in [2.45, 2.75) is 79.6 Å². The Kier molecular flexibility index (Phi) is 10.8. The number of aryl methyl sites for hydroxylation is 2. The van der Waals surface area contributed by atoms with Crippen LogP contribution < -0.4 is 4.74 Å². The van der Waals surface area contributed by atoms with E-state index in [0.717, 1.165) is 112 Å². The van der Waals surface area contributed by atoms with Crippen molar-refractivity contribution in [3.8, 4) is 39.3 Å². The van der Waals surface area contributed by atoms with Crippen molar-refractivity contribution >= 4 is 38.8 Å². The number of fused-ring (bicyclic) bond motifs is 4. The van der Waals surface area contributed by atoms with E-state index >= 15 is 0 Å². The second-order valence-corrected chi connectivity index (χ2v) is 19.2. The molecule has 12 heteroatoms. The summed E-state index contributed by atoms with van der Waals surface area (Å²) in [5, 5.41) is 6.12. The molecule has 67 heavy (non-hydrogen) atoms. The third kappa shape index (κ3) is 8.46. The Bertz CT molecular complexity index is 3510. The number of pyridine rings is 4. The summed E-state index contributed by atoms with van der Waals surface area (Å²) in [5.74, 6) is 0.832. The molecule has 1 aliphatic rings. The zero-order chi connectivity index (χ0) is 46.6. The van der Waals surface area contributed by atoms with Crippen LogP contribution in [0, 0.1) is 13.8 Å². The average Bonchev–Trinajstić information content (AvgIpc) is 4.13. The predicted molar refractivity (Wildman–Crippen MR) is 268 cm³/mol. The average molecular weight is 884 g/mol. The van der Waals surface area contributed by atoms with E-state index < -0.39 is 0 Å². The molecule has 0 saturated heterocycles. The molecule has 1 aliphatic heterocycles. The van der Waals surface area contributed by atoms with Crippen molar-refractivity contribution in [3.63, 3.8) is 0 Å². The highest BCUT2D eigenvalue weighted by molar-refractivity contribution is 6.16. The number of rotatable bonds is 7. The van der Waals surface area contributed by atoms with E-state index in [1.54, 1.807) is 7.11 Å². The number of aliphatic imine (C=N–C) groups is 1. The molecular formula is C55H53N11O. The molecule has 0 fully saturated rings. The minimum absolute atomic E-state index is 0.0311. The van der Waals surface area contributed by atoms with Gasteiger partial charge in [-0.2, -0.15) is 5.10 Å². The molecule has 0 saturated carbocycles. The fraction of sp³-hybridized carbons (Fsp3) is 0.236. The number of aromatic nitrogens is 10. The van der Waals surface area contributed by atoms with Gasteiger partial charge in [-0.1, -0.05) is 24.3 Å². The number of hydrogen-bond donors (Lipinski definition) is 0. The molecule has 0 N–H and O–H groups in total. The minimum Gasteiger partial charge on any atom is -0.497 e. The molecule has 7 aromatic heterocycles. The zero-order valence-corrected chi connectivity index (χ0v) is 39.4. The van der Waals surface area contributed by atoms with Gasteiger partial charge in [-0.05, 0) is 145 Å². The van der Waals surface area contributed by atoms with Crippen molar-refractivity contribution in [3.05, 3.63) is 168 Å². The van der Waals surface area contributed by atoms with Crippen molar-refractivity contribution < 1.29 is 4.74 Å². The minimum atomic E-state index is -0.0862. The Morgan fingerprint density at radius 1 is 0.567 bits per heavy atom. The van der Waals surface area contributed by atoms with Gasteiger partial charge in [0, 0.05) is 80.5 Å². The molecule has 0 bridgehead atoms. The largest absolute Gasteiger partial charge is 0.497 e. The van der Waals surface area contributed by atoms with Crippen LogP contribution in [0.2, 0.25) is 0 Å². The normalized spacial score (nSPS) is 12.6. The fourth-order valence-corrected chi connectivity index (χ4v) is 8.74. The first-order chi connectivity index (χ1) is 32.2. The smallest absolute Gasteiger partial charge is 0.158 e. The highest BCUT2D eigenvalue weighted by Gasteiger charge is 2.23. The maximum Gasteiger partial charge on any atom is 0.158 e. The molecule has 0 unspecified atom stereocenters. The third-order valence-corrected chi connectivity index (χ3v) is 12.2. The first kappa shape index (κ1) is 43.1. The van der Waals surface area contributed by atoms with Gasteiger partial charge in [0.2, 0.25) is 0 Å². The molecule has 11 rings (SSSR count). The lowest BCUT2D eigenvalue weighted by Crippen LogP contribution is -2.20. The topological polar surface area (TPSA) is 127 Å². The lowest BCUT2D eigenvalue weighted by atomic mass is 9.98. The summed E-state index contributed by atoms with van der Waals surface area (Å²) in [6.07, 6.45) is 11.4. The first-order valence-electron chi connectivity index (χ1n) is 22.6. The summed E-state index contributed by atoms with van der Waals surface area (Å²) >= 11 is 0. The van der Waals surface area contributed by atoms with Crippen LogP contribution in [0.3, 0.4) is 0 Å². The van der Waals surface area contributed by atoms with Crippen LogP contribution in [0.5, 0.6) is 5.75 Å². The van der Waals surface area contributed by atoms with Gasteiger partial charge in [0.05, 0.1) is 66.3 Å². The highest BCUT2D eigenvalue weighted by atomic mass is 16.5. The van der Waals surface area contributed by atoms with Gasteiger partial charge in [0.15, 0.2) is 5.65 Å². The Labute approximate surface area is 390 Å². The number of ether oxygens (including phenoxy) is 1. The van der Waals surface area contributed by atoms with E-state index in [1.165, 1.54) is 0 Å². The monoisotopic (exact) mass is 883 g/mol. The van der Waals surface area contributed by atoms with Gasteiger partial charge >= 0.3 is 0 Å². The molecule has 0 radical (unpaired) electrons. The molecule has 10 aromatic rings. The molecule has 12 nitrogen and oxygen atoms in total. The molecule has 0 atom stereocenters. The number of methoxy groups -OCH3 is 1. The summed E-state index contributed by atoms with van der Waals surface area (Å²) in [6.45, 7) is 18.4. The van der Waals surface area contributed by atoms with Gasteiger partial charge in [0.25, 0.3) is 0 Å². The molecule has 334 valence electrons. The van der Waals surface area contributed by atoms with Crippen molar-refractivity contribution in [2.75, 3.05) is 7.11 Å². The molecule has 8 heterocycles. The summed E-state index contributed by atoms with van der Waals surface area (Å²) in [6, 6.07) is 33.4. The lowest BCUT2D eigenvalue weighted by molar-refractivity contribution is 0.408. The second kappa shape index (κ2) is 16.8. The van der Waals surface area contributed by atoms with Crippen LogP contribution in [0.4, 0.5) is 0 Å². The van der Waals surface area contributed by atoms with Crippen LogP contribution in [-0.4, -0.2) is 61.6 Å². The van der Waals surface area contributed by atoms with E-state index in [4.69, 9.17) is 24.8 Å². The number of nitrogens with zero attached hydrogens (tertiary/aromatic N) is 11. The lowest BCUT2D eigenvalue weighted by Gasteiger charge is -2.21. The van der Waals surface area contributed by atoms with Crippen LogP contribution in [0.25, 0.3) is 66.6 Å². The van der Waals surface area contributed by atoms with E-state index in [9.17, 15) is 0 Å². The SMILES string of the molecule is COc1ccc(Cn2nc(-c3ccc4ncn(C(C)(C)C)c4c3)c3cc(-c4ccnc(C)c4)cnc32)cc1.Cc1cc(-c2cnc3c(c2)C(c2ccc4ncn(C(C)(C)C)c4c2)=NC3)ccn1. The maximum absolute atomic E-state index is 5.33. The fourth-order valence-electron chi connectivity index (χ4n) is 8.74. The number of hydrogen-bond acceptors (Lipinski definition) is 9. The van der Waals surface area contributed by atoms with Crippen LogP contribution in [-0.2, 0) is 24.2 Å². The summed E-state index contributed by atoms with van der Waals surface area (Å²) < 4.78 is 11.7. The maximum atomic E-state index is 5.33. The van der Waals surface area contributed by atoms with Gasteiger partial charge in [-0.25, -0.2) is 19.6 Å². The Balaban J connectivity index is 0.000000162. The highest BCUT2D eigenvalue weighted by Crippen LogP contribution is 2.35. The Hall–Kier alpha value is -7.86. The standard InChI is InChI=1S/C31H30N6O.C24H23N5/c1-20-14-22(12-13-32-20)24-15-26-29(23-8-11-27-28(16-23)36(19-34-27)31(2,3)4)35-37(30(26)33-17-24)18-21-6-9-25(38-5)10-7-21;1-15-9-16(7-8-25-15)18-10-19-21(26-12-18)13-27-23(19)17-5-6-20-22(11-17)29(14-28-20)24(2,3)4/h6-17,19H,18H2,1-5H3;5-12,14H,13H2,1-4H3. The Morgan fingerprint density at radius 2 is 1.15 bits per heavy atom. The van der Waals surface area contributed by atoms with E-state index in [1.807, 2.05) is 80.2 Å². The summed E-state index contributed by atoms with van der Waals surface area (Å²) in [7, 11) is 1.68. The van der Waals surface area contributed by atoms with Gasteiger partial charge in [-0.15, -0.1) is 0 Å². The van der Waals surface area contributed by atoms with Crippen LogP contribution in [0.1, 0.15) is 75.3 Å². The van der Waals surface area contributed by atoms with E-state index in [0.29, 0.717) is 13.1 Å². The summed E-state index contributed by atoms with van der Waals surface area (Å²) in [4.78, 5) is 32.3. The van der Waals surface area contributed by atoms with Gasteiger partial charge in [-0.3, -0.25) is 19.9 Å². The van der Waals surface area contributed by atoms with Gasteiger partial charge < -0.3 is 13.9 Å². The van der Waals surface area contributed by atoms with E-state index in [-0.39, 0.29) is 11.1 Å². The first-order valence-corrected chi connectivity index (χ1v) is 22.6. The predicted octanol–water partition coefficient (Wildman–Crippen LogP) is 11.5. The molecule has 0 spiro atoms. The van der Waals surface area contributed by atoms with E-state index in [2.05, 4.69) is 143 Å². The number of imidazole rings is 2. The number of benzene rings is 3.